The van der Waals surface area contributed by atoms with Gasteiger partial charge in [-0.25, -0.2) is 13.8 Å². The van der Waals surface area contributed by atoms with E-state index in [1.807, 2.05) is 0 Å². The molecular weight excluding hydrogens is 237 g/mol. The van der Waals surface area contributed by atoms with Gasteiger partial charge in [0.1, 0.15) is 5.69 Å². The third kappa shape index (κ3) is 2.35. The van der Waals surface area contributed by atoms with Crippen LogP contribution in [-0.4, -0.2) is 9.91 Å². The molecule has 0 fully saturated rings. The Morgan fingerprint density at radius 1 is 1.60 bits per heavy atom. The first kappa shape index (κ1) is 11.7. The van der Waals surface area contributed by atoms with Crippen LogP contribution in [0.15, 0.2) is 6.07 Å². The standard InChI is InChI=1S/C7H4ClF3N2O2/c8-2-3-1-4(6(9)10)12-7(11)5(3)13(14)15/h1,6H,2H2. The van der Waals surface area contributed by atoms with Crippen LogP contribution in [0.1, 0.15) is 17.7 Å². The van der Waals surface area contributed by atoms with Crippen LogP contribution in [-0.2, 0) is 5.88 Å². The summed E-state index contributed by atoms with van der Waals surface area (Å²) >= 11 is 5.28. The molecular formula is C7H4ClF3N2O2. The van der Waals surface area contributed by atoms with Crippen molar-refractivity contribution in [3.05, 3.63) is 33.4 Å². The van der Waals surface area contributed by atoms with Gasteiger partial charge in [0.25, 0.3) is 12.4 Å². The van der Waals surface area contributed by atoms with Crippen LogP contribution in [0.2, 0.25) is 0 Å². The van der Waals surface area contributed by atoms with Crippen molar-refractivity contribution in [2.45, 2.75) is 12.3 Å². The molecule has 82 valence electrons. The van der Waals surface area contributed by atoms with Gasteiger partial charge in [-0.2, -0.15) is 4.39 Å². The van der Waals surface area contributed by atoms with E-state index in [0.29, 0.717) is 0 Å². The highest BCUT2D eigenvalue weighted by Crippen LogP contribution is 2.27. The predicted molar refractivity (Wildman–Crippen MR) is 45.4 cm³/mol. The molecule has 4 nitrogen and oxygen atoms in total. The minimum absolute atomic E-state index is 0.315. The summed E-state index contributed by atoms with van der Waals surface area (Å²) in [4.78, 5) is 12.1. The lowest BCUT2D eigenvalue weighted by molar-refractivity contribution is -0.388. The Bertz CT molecular complexity index is 400. The van der Waals surface area contributed by atoms with E-state index in [1.54, 1.807) is 0 Å². The zero-order valence-electron chi connectivity index (χ0n) is 7.08. The molecule has 1 aromatic heterocycles. The highest BCUT2D eigenvalue weighted by atomic mass is 35.5. The molecule has 1 heterocycles. The molecule has 8 heteroatoms. The zero-order chi connectivity index (χ0) is 11.6. The monoisotopic (exact) mass is 240 g/mol. The minimum atomic E-state index is -3.00. The molecule has 1 rings (SSSR count). The van der Waals surface area contributed by atoms with Crippen molar-refractivity contribution in [2.75, 3.05) is 0 Å². The summed E-state index contributed by atoms with van der Waals surface area (Å²) in [5, 5.41) is 10.4. The fourth-order valence-corrected chi connectivity index (χ4v) is 1.19. The SMILES string of the molecule is O=[N+]([O-])c1c(CCl)cc(C(F)F)nc1F. The molecule has 0 radical (unpaired) electrons. The quantitative estimate of drug-likeness (QED) is 0.353. The number of hydrogen-bond acceptors (Lipinski definition) is 3. The average Bonchev–Trinajstić information content (AvgIpc) is 2.15. The van der Waals surface area contributed by atoms with E-state index in [9.17, 15) is 23.3 Å². The van der Waals surface area contributed by atoms with Crippen molar-refractivity contribution in [2.24, 2.45) is 0 Å². The second kappa shape index (κ2) is 4.43. The van der Waals surface area contributed by atoms with Gasteiger partial charge in [0, 0.05) is 0 Å². The van der Waals surface area contributed by atoms with E-state index in [1.165, 1.54) is 0 Å². The lowest BCUT2D eigenvalue weighted by atomic mass is 10.2. The van der Waals surface area contributed by atoms with E-state index < -0.39 is 34.6 Å². The molecule has 0 spiro atoms. The molecule has 1 aromatic rings. The van der Waals surface area contributed by atoms with Gasteiger partial charge in [0.15, 0.2) is 0 Å². The normalized spacial score (nSPS) is 10.7. The Kier molecular flexibility index (Phi) is 3.46. The maximum Gasteiger partial charge on any atom is 0.328 e. The molecule has 0 aliphatic heterocycles. The molecule has 0 bridgehead atoms. The Morgan fingerprint density at radius 2 is 2.20 bits per heavy atom. The van der Waals surface area contributed by atoms with E-state index >= 15 is 0 Å². The Labute approximate surface area is 86.8 Å². The van der Waals surface area contributed by atoms with Crippen LogP contribution in [0.5, 0.6) is 0 Å². The summed E-state index contributed by atoms with van der Waals surface area (Å²) in [6.45, 7) is 0. The first-order chi connectivity index (χ1) is 6.97. The number of hydrogen-bond donors (Lipinski definition) is 0. The summed E-state index contributed by atoms with van der Waals surface area (Å²) in [5.41, 5.74) is -2.15. The second-order valence-electron chi connectivity index (χ2n) is 2.54. The van der Waals surface area contributed by atoms with Crippen LogP contribution >= 0.6 is 11.6 Å². The van der Waals surface area contributed by atoms with Crippen molar-refractivity contribution >= 4 is 17.3 Å². The third-order valence-electron chi connectivity index (χ3n) is 1.60. The number of rotatable bonds is 3. The van der Waals surface area contributed by atoms with Crippen molar-refractivity contribution in [1.82, 2.24) is 4.98 Å². The smallest absolute Gasteiger partial charge is 0.258 e. The Balaban J connectivity index is 3.37. The summed E-state index contributed by atoms with van der Waals surface area (Å²) in [7, 11) is 0. The number of halogens is 4. The van der Waals surface area contributed by atoms with E-state index in [4.69, 9.17) is 11.6 Å². The van der Waals surface area contributed by atoms with Gasteiger partial charge in [-0.1, -0.05) is 0 Å². The fourth-order valence-electron chi connectivity index (χ4n) is 0.984. The molecule has 0 aromatic carbocycles. The number of alkyl halides is 3. The number of pyridine rings is 1. The largest absolute Gasteiger partial charge is 0.328 e. The minimum Gasteiger partial charge on any atom is -0.258 e. The highest BCUT2D eigenvalue weighted by molar-refractivity contribution is 6.17. The Hall–Kier alpha value is -1.37. The summed E-state index contributed by atoms with van der Waals surface area (Å²) in [6, 6.07) is 0.721. The molecule has 0 saturated carbocycles. The van der Waals surface area contributed by atoms with E-state index in [2.05, 4.69) is 4.98 Å². The van der Waals surface area contributed by atoms with Crippen molar-refractivity contribution in [1.29, 1.82) is 0 Å². The van der Waals surface area contributed by atoms with Crippen LogP contribution in [0.3, 0.4) is 0 Å². The maximum absolute atomic E-state index is 13.0. The first-order valence-electron chi connectivity index (χ1n) is 3.65. The lowest BCUT2D eigenvalue weighted by Gasteiger charge is -2.03. The van der Waals surface area contributed by atoms with E-state index in [-0.39, 0.29) is 5.56 Å². The highest BCUT2D eigenvalue weighted by Gasteiger charge is 2.24. The van der Waals surface area contributed by atoms with Crippen LogP contribution < -0.4 is 0 Å². The van der Waals surface area contributed by atoms with Crippen LogP contribution in [0.25, 0.3) is 0 Å². The van der Waals surface area contributed by atoms with Gasteiger partial charge >= 0.3 is 5.69 Å². The van der Waals surface area contributed by atoms with E-state index in [0.717, 1.165) is 6.07 Å². The number of nitro groups is 1. The molecule has 15 heavy (non-hydrogen) atoms. The first-order valence-corrected chi connectivity index (χ1v) is 4.18. The van der Waals surface area contributed by atoms with Gasteiger partial charge in [-0.3, -0.25) is 10.1 Å². The topological polar surface area (TPSA) is 56.0 Å². The van der Waals surface area contributed by atoms with Crippen molar-refractivity contribution in [3.8, 4) is 0 Å². The molecule has 0 N–H and O–H groups in total. The van der Waals surface area contributed by atoms with Crippen molar-refractivity contribution < 1.29 is 18.1 Å². The molecule has 0 unspecified atom stereocenters. The summed E-state index contributed by atoms with van der Waals surface area (Å²) in [5.74, 6) is -1.98. The third-order valence-corrected chi connectivity index (χ3v) is 1.89. The van der Waals surface area contributed by atoms with Gasteiger partial charge in [-0.15, -0.1) is 11.6 Å². The van der Waals surface area contributed by atoms with Gasteiger partial charge in [-0.05, 0) is 6.07 Å². The molecule has 0 atom stereocenters. The number of aromatic nitrogens is 1. The fraction of sp³-hybridized carbons (Fsp3) is 0.286. The van der Waals surface area contributed by atoms with Crippen LogP contribution in [0, 0.1) is 16.1 Å². The molecule has 0 amide bonds. The Morgan fingerprint density at radius 3 is 2.60 bits per heavy atom. The predicted octanol–water partition coefficient (Wildman–Crippen LogP) is 2.81. The van der Waals surface area contributed by atoms with Gasteiger partial charge < -0.3 is 0 Å². The zero-order valence-corrected chi connectivity index (χ0v) is 7.84. The molecule has 0 aliphatic carbocycles. The lowest BCUT2D eigenvalue weighted by Crippen LogP contribution is -2.03. The average molecular weight is 241 g/mol. The van der Waals surface area contributed by atoms with Crippen LogP contribution in [0.4, 0.5) is 18.9 Å². The maximum atomic E-state index is 13.0. The van der Waals surface area contributed by atoms with Gasteiger partial charge in [0.2, 0.25) is 0 Å². The second-order valence-corrected chi connectivity index (χ2v) is 2.80. The van der Waals surface area contributed by atoms with Crippen molar-refractivity contribution in [3.63, 3.8) is 0 Å². The van der Waals surface area contributed by atoms with Gasteiger partial charge in [0.05, 0.1) is 16.4 Å². The number of nitrogens with zero attached hydrogens (tertiary/aromatic N) is 2. The summed E-state index contributed by atoms with van der Waals surface area (Å²) < 4.78 is 37.3. The summed E-state index contributed by atoms with van der Waals surface area (Å²) in [6.07, 6.45) is -3.00. The molecule has 0 saturated heterocycles. The molecule has 0 aliphatic rings.